The highest BCUT2D eigenvalue weighted by atomic mass is 32.2. The maximum Gasteiger partial charge on any atom is 0.241 e. The van der Waals surface area contributed by atoms with Gasteiger partial charge in [-0.1, -0.05) is 37.3 Å². The van der Waals surface area contributed by atoms with Gasteiger partial charge in [0.05, 0.1) is 4.90 Å². The molecule has 1 aliphatic carbocycles. The van der Waals surface area contributed by atoms with E-state index in [1.165, 1.54) is 0 Å². The third kappa shape index (κ3) is 6.24. The lowest BCUT2D eigenvalue weighted by Crippen LogP contribution is -2.45. The first-order chi connectivity index (χ1) is 18.1. The highest BCUT2D eigenvalue weighted by Gasteiger charge is 2.54. The van der Waals surface area contributed by atoms with Crippen molar-refractivity contribution in [3.63, 3.8) is 0 Å². The van der Waals surface area contributed by atoms with E-state index in [4.69, 9.17) is 14.5 Å². The normalized spacial score (nSPS) is 26.6. The van der Waals surface area contributed by atoms with Crippen molar-refractivity contribution in [3.05, 3.63) is 49.1 Å². The quantitative estimate of drug-likeness (QED) is 0.218. The van der Waals surface area contributed by atoms with Crippen molar-refractivity contribution >= 4 is 26.5 Å². The third-order valence-electron chi connectivity index (χ3n) is 7.89. The van der Waals surface area contributed by atoms with Crippen molar-refractivity contribution in [1.29, 1.82) is 0 Å². The second-order valence-electron chi connectivity index (χ2n) is 10.8. The molecule has 1 heterocycles. The van der Waals surface area contributed by atoms with Crippen LogP contribution in [-0.4, -0.2) is 53.2 Å². The molecule has 2 aliphatic rings. The molecule has 0 bridgehead atoms. The second kappa shape index (κ2) is 12.0. The lowest BCUT2D eigenvalue weighted by atomic mass is 9.88. The van der Waals surface area contributed by atoms with Crippen LogP contribution in [0.3, 0.4) is 0 Å². The molecule has 2 N–H and O–H groups in total. The van der Waals surface area contributed by atoms with Gasteiger partial charge in [-0.05, 0) is 57.7 Å². The van der Waals surface area contributed by atoms with Crippen LogP contribution in [0, 0.1) is 5.92 Å². The van der Waals surface area contributed by atoms with Gasteiger partial charge >= 0.3 is 0 Å². The minimum atomic E-state index is -3.62. The molecule has 8 nitrogen and oxygen atoms in total. The van der Waals surface area contributed by atoms with Crippen LogP contribution in [0.25, 0.3) is 10.8 Å². The van der Waals surface area contributed by atoms with Crippen LogP contribution in [0.2, 0.25) is 0 Å². The summed E-state index contributed by atoms with van der Waals surface area (Å²) in [5.41, 5.74) is 0.990. The van der Waals surface area contributed by atoms with Crippen LogP contribution < -0.4 is 14.9 Å². The summed E-state index contributed by atoms with van der Waals surface area (Å²) in [6.45, 7) is 9.05. The topological polar surface area (TPSA) is 89.1 Å². The van der Waals surface area contributed by atoms with Crippen LogP contribution in [0.15, 0.2) is 53.9 Å². The fourth-order valence-electron chi connectivity index (χ4n) is 5.68. The Bertz CT molecular complexity index is 1210. The van der Waals surface area contributed by atoms with Gasteiger partial charge in [0, 0.05) is 61.9 Å². The van der Waals surface area contributed by atoms with Gasteiger partial charge in [0.25, 0.3) is 0 Å². The first-order valence-electron chi connectivity index (χ1n) is 13.7. The van der Waals surface area contributed by atoms with Crippen LogP contribution >= 0.6 is 0 Å². The third-order valence-corrected chi connectivity index (χ3v) is 9.41. The zero-order valence-electron chi connectivity index (χ0n) is 23.2. The second-order valence-corrected chi connectivity index (χ2v) is 12.6. The predicted molar refractivity (Wildman–Crippen MR) is 151 cm³/mol. The van der Waals surface area contributed by atoms with Gasteiger partial charge in [0.15, 0.2) is 0 Å². The molecule has 38 heavy (non-hydrogen) atoms. The molecule has 2 unspecified atom stereocenters. The molecule has 0 aromatic heterocycles. The molecule has 210 valence electrons. The maximum atomic E-state index is 13.1. The molecule has 1 saturated heterocycles. The van der Waals surface area contributed by atoms with Crippen molar-refractivity contribution in [2.75, 3.05) is 32.1 Å². The minimum Gasteiger partial charge on any atom is -0.377 e. The molecule has 2 aromatic carbocycles. The molecule has 1 saturated carbocycles. The van der Waals surface area contributed by atoms with Gasteiger partial charge in [-0.15, -0.1) is 6.58 Å². The van der Waals surface area contributed by atoms with E-state index in [0.717, 1.165) is 61.5 Å². The van der Waals surface area contributed by atoms with E-state index in [1.54, 1.807) is 12.1 Å². The molecule has 2 fully saturated rings. The largest absolute Gasteiger partial charge is 0.377 e. The van der Waals surface area contributed by atoms with Crippen molar-refractivity contribution in [2.24, 2.45) is 5.92 Å². The number of rotatable bonds is 12. The van der Waals surface area contributed by atoms with Crippen LogP contribution in [0.5, 0.6) is 0 Å². The number of benzene rings is 2. The molecule has 0 amide bonds. The highest BCUT2D eigenvalue weighted by Crippen LogP contribution is 2.46. The van der Waals surface area contributed by atoms with Gasteiger partial charge in [-0.3, -0.25) is 0 Å². The number of sulfonamides is 1. The lowest BCUT2D eigenvalue weighted by Gasteiger charge is -2.36. The Hall–Kier alpha value is -2.01. The van der Waals surface area contributed by atoms with Gasteiger partial charge in [0.1, 0.15) is 0 Å². The smallest absolute Gasteiger partial charge is 0.241 e. The molecular formula is C29H43N3O5S. The van der Waals surface area contributed by atoms with Crippen molar-refractivity contribution < 1.29 is 22.9 Å². The molecule has 1 spiro atoms. The number of hydrogen-bond donors (Lipinski definition) is 2. The van der Waals surface area contributed by atoms with E-state index in [0.29, 0.717) is 23.9 Å². The van der Waals surface area contributed by atoms with Crippen molar-refractivity contribution in [1.82, 2.24) is 10.0 Å². The van der Waals surface area contributed by atoms with Crippen LogP contribution in [0.1, 0.15) is 58.8 Å². The molecule has 0 radical (unpaired) electrons. The summed E-state index contributed by atoms with van der Waals surface area (Å²) >= 11 is 0. The Morgan fingerprint density at radius 3 is 2.50 bits per heavy atom. The van der Waals surface area contributed by atoms with E-state index >= 15 is 0 Å². The van der Waals surface area contributed by atoms with Crippen LogP contribution in [-0.2, 0) is 24.5 Å². The van der Waals surface area contributed by atoms with E-state index in [1.807, 2.05) is 56.3 Å². The molecular weight excluding hydrogens is 502 g/mol. The van der Waals surface area contributed by atoms with Crippen LogP contribution in [0.4, 0.5) is 5.69 Å². The molecule has 9 heteroatoms. The summed E-state index contributed by atoms with van der Waals surface area (Å²) < 4.78 is 35.4. The molecule has 1 aliphatic heterocycles. The highest BCUT2D eigenvalue weighted by molar-refractivity contribution is 7.89. The van der Waals surface area contributed by atoms with E-state index in [9.17, 15) is 8.42 Å². The predicted octanol–water partition coefficient (Wildman–Crippen LogP) is 5.10. The van der Waals surface area contributed by atoms with Crippen molar-refractivity contribution in [3.8, 4) is 0 Å². The fraction of sp³-hybridized carbons (Fsp3) is 0.586. The Labute approximate surface area is 227 Å². The Morgan fingerprint density at radius 2 is 1.82 bits per heavy atom. The lowest BCUT2D eigenvalue weighted by molar-refractivity contribution is -0.359. The number of ether oxygens (including phenoxy) is 1. The van der Waals surface area contributed by atoms with Gasteiger partial charge in [-0.2, -0.15) is 9.78 Å². The van der Waals surface area contributed by atoms with E-state index in [2.05, 4.69) is 23.5 Å². The summed E-state index contributed by atoms with van der Waals surface area (Å²) in [4.78, 5) is 13.8. The SMILES string of the molecule is C=CCC(CC)C1(C)OOC2(CCC(NCCCNS(=O)(=O)c3cccc4c(N(C)C)cccc34)CC2)O1. The molecule has 2 aromatic rings. The number of hydrogen-bond acceptors (Lipinski definition) is 7. The maximum absolute atomic E-state index is 13.1. The summed E-state index contributed by atoms with van der Waals surface area (Å²) in [7, 11) is 0.289. The summed E-state index contributed by atoms with van der Waals surface area (Å²) in [5, 5.41) is 5.22. The van der Waals surface area contributed by atoms with Crippen molar-refractivity contribution in [2.45, 2.75) is 81.3 Å². The van der Waals surface area contributed by atoms with E-state index in [-0.39, 0.29) is 5.92 Å². The zero-order valence-corrected chi connectivity index (χ0v) is 24.0. The Morgan fingerprint density at radius 1 is 1.11 bits per heavy atom. The summed E-state index contributed by atoms with van der Waals surface area (Å²) in [6, 6.07) is 11.5. The number of allylic oxidation sites excluding steroid dienone is 1. The number of fused-ring (bicyclic) bond motifs is 1. The monoisotopic (exact) mass is 545 g/mol. The summed E-state index contributed by atoms with van der Waals surface area (Å²) in [5.74, 6) is -1.23. The first kappa shape index (κ1) is 29.0. The zero-order chi connectivity index (χ0) is 27.4. The number of nitrogens with zero attached hydrogens (tertiary/aromatic N) is 1. The Kier molecular flexibility index (Phi) is 9.17. The minimum absolute atomic E-state index is 0.197. The standard InChI is InChI=1S/C29H43N3O5S/c1-6-11-22(7-2)28(3)35-29(37-36-28)18-16-23(17-19-29)30-20-10-21-31-38(33,34)27-15-9-12-24-25(27)13-8-14-26(24)32(4)5/h6,8-9,12-15,22-23,30-31H,1,7,10-11,16-21H2,2-5H3. The fourth-order valence-corrected chi connectivity index (χ4v) is 6.97. The molecule has 2 atom stereocenters. The van der Waals surface area contributed by atoms with Gasteiger partial charge in [-0.25, -0.2) is 13.1 Å². The summed E-state index contributed by atoms with van der Waals surface area (Å²) in [6.07, 6.45) is 7.68. The Balaban J connectivity index is 1.24. The van der Waals surface area contributed by atoms with Gasteiger partial charge in [0.2, 0.25) is 21.6 Å². The first-order valence-corrected chi connectivity index (χ1v) is 15.2. The van der Waals surface area contributed by atoms with E-state index < -0.39 is 21.6 Å². The average Bonchev–Trinajstić information content (AvgIpc) is 3.23. The molecule has 4 rings (SSSR count). The number of anilines is 1. The van der Waals surface area contributed by atoms with Gasteiger partial charge < -0.3 is 15.0 Å². The number of nitrogens with one attached hydrogen (secondary N) is 2. The average molecular weight is 546 g/mol.